The van der Waals surface area contributed by atoms with Crippen LogP contribution >= 0.6 is 0 Å². The number of alkyl halides is 3. The van der Waals surface area contributed by atoms with E-state index in [1.165, 1.54) is 36.4 Å². The Morgan fingerprint density at radius 2 is 1.69 bits per heavy atom. The molecule has 3 rings (SSSR count). The number of anilines is 2. The van der Waals surface area contributed by atoms with E-state index in [1.807, 2.05) is 0 Å². The first-order valence-electron chi connectivity index (χ1n) is 8.29. The monoisotopic (exact) mass is 423 g/mol. The maximum Gasteiger partial charge on any atom is 0.573 e. The van der Waals surface area contributed by atoms with Crippen LogP contribution in [0.25, 0.3) is 11.3 Å². The van der Waals surface area contributed by atoms with Crippen molar-refractivity contribution in [2.24, 2.45) is 0 Å². The van der Waals surface area contributed by atoms with E-state index >= 15 is 0 Å². The number of nitrogens with zero attached hydrogens (tertiary/aromatic N) is 2. The second-order valence-corrected chi connectivity index (χ2v) is 8.23. The fourth-order valence-electron chi connectivity index (χ4n) is 2.53. The Morgan fingerprint density at radius 3 is 2.31 bits per heavy atom. The summed E-state index contributed by atoms with van der Waals surface area (Å²) in [7, 11) is -3.37. The molecule has 3 aromatic rings. The average molecular weight is 423 g/mol. The molecule has 0 spiro atoms. The van der Waals surface area contributed by atoms with Crippen LogP contribution in [0.1, 0.15) is 5.69 Å². The maximum absolute atomic E-state index is 12.2. The second kappa shape index (κ2) is 7.70. The third-order valence-electron chi connectivity index (χ3n) is 3.76. The van der Waals surface area contributed by atoms with Gasteiger partial charge in [-0.15, -0.1) is 13.2 Å². The molecule has 0 radical (unpaired) electrons. The molecule has 0 saturated heterocycles. The first-order valence-corrected chi connectivity index (χ1v) is 10.2. The van der Waals surface area contributed by atoms with Crippen LogP contribution in [0.3, 0.4) is 0 Å². The van der Waals surface area contributed by atoms with Crippen molar-refractivity contribution in [2.45, 2.75) is 18.2 Å². The van der Waals surface area contributed by atoms with Crippen molar-refractivity contribution < 1.29 is 26.3 Å². The number of benzene rings is 2. The Hall–Kier alpha value is -3.14. The highest BCUT2D eigenvalue weighted by Gasteiger charge is 2.30. The molecule has 0 saturated carbocycles. The standard InChI is InChI=1S/C19H16F3N3O3S/c1-12-10-17(13-4-3-5-16(11-13)29(2,26)27)25-18(23-12)24-14-6-8-15(9-7-14)28-19(20,21)22/h3-11H,1-2H3,(H,23,24,25). The van der Waals surface area contributed by atoms with Crippen LogP contribution in [0.2, 0.25) is 0 Å². The van der Waals surface area contributed by atoms with Gasteiger partial charge in [0.25, 0.3) is 0 Å². The highest BCUT2D eigenvalue weighted by Crippen LogP contribution is 2.26. The lowest BCUT2D eigenvalue weighted by atomic mass is 10.1. The van der Waals surface area contributed by atoms with Gasteiger partial charge in [0.2, 0.25) is 5.95 Å². The molecule has 0 bridgehead atoms. The molecule has 0 fully saturated rings. The minimum atomic E-state index is -4.76. The van der Waals surface area contributed by atoms with Crippen LogP contribution < -0.4 is 10.1 Å². The summed E-state index contributed by atoms with van der Waals surface area (Å²) < 4.78 is 64.1. The fraction of sp³-hybridized carbons (Fsp3) is 0.158. The van der Waals surface area contributed by atoms with Crippen LogP contribution in [0, 0.1) is 6.92 Å². The Balaban J connectivity index is 1.87. The molecular formula is C19H16F3N3O3S. The predicted octanol–water partition coefficient (Wildman–Crippen LogP) is 4.50. The zero-order valence-electron chi connectivity index (χ0n) is 15.4. The van der Waals surface area contributed by atoms with Gasteiger partial charge in [-0.1, -0.05) is 12.1 Å². The Morgan fingerprint density at radius 1 is 1.00 bits per heavy atom. The van der Waals surface area contributed by atoms with Crippen molar-refractivity contribution in [2.75, 3.05) is 11.6 Å². The van der Waals surface area contributed by atoms with Gasteiger partial charge in [0.1, 0.15) is 5.75 Å². The highest BCUT2D eigenvalue weighted by atomic mass is 32.2. The van der Waals surface area contributed by atoms with E-state index in [-0.39, 0.29) is 16.6 Å². The molecular weight excluding hydrogens is 407 g/mol. The van der Waals surface area contributed by atoms with Gasteiger partial charge in [-0.2, -0.15) is 0 Å². The van der Waals surface area contributed by atoms with Gasteiger partial charge >= 0.3 is 6.36 Å². The van der Waals surface area contributed by atoms with E-state index in [4.69, 9.17) is 0 Å². The van der Waals surface area contributed by atoms with Gasteiger partial charge in [-0.25, -0.2) is 18.4 Å². The number of rotatable bonds is 5. The summed E-state index contributed by atoms with van der Waals surface area (Å²) in [5, 5.41) is 2.91. The van der Waals surface area contributed by atoms with Gasteiger partial charge in [-0.3, -0.25) is 0 Å². The summed E-state index contributed by atoms with van der Waals surface area (Å²) in [5.74, 6) is -0.124. The number of sulfone groups is 1. The van der Waals surface area contributed by atoms with E-state index in [0.29, 0.717) is 22.6 Å². The van der Waals surface area contributed by atoms with Crippen LogP contribution in [-0.2, 0) is 9.84 Å². The molecule has 6 nitrogen and oxygen atoms in total. The van der Waals surface area contributed by atoms with Gasteiger partial charge < -0.3 is 10.1 Å². The van der Waals surface area contributed by atoms with Crippen molar-refractivity contribution >= 4 is 21.5 Å². The van der Waals surface area contributed by atoms with E-state index in [2.05, 4.69) is 20.0 Å². The van der Waals surface area contributed by atoms with Crippen molar-refractivity contribution in [1.29, 1.82) is 0 Å². The third kappa shape index (κ3) is 5.67. The molecule has 0 atom stereocenters. The SMILES string of the molecule is Cc1cc(-c2cccc(S(C)(=O)=O)c2)nc(Nc2ccc(OC(F)(F)F)cc2)n1. The number of hydrogen-bond donors (Lipinski definition) is 1. The highest BCUT2D eigenvalue weighted by molar-refractivity contribution is 7.90. The zero-order valence-corrected chi connectivity index (χ0v) is 16.2. The quantitative estimate of drug-likeness (QED) is 0.651. The van der Waals surface area contributed by atoms with Gasteiger partial charge in [0.05, 0.1) is 10.6 Å². The first kappa shape index (κ1) is 20.6. The molecule has 0 aliphatic rings. The molecule has 0 aliphatic heterocycles. The summed E-state index contributed by atoms with van der Waals surface area (Å²) in [6.07, 6.45) is -3.64. The molecule has 2 aromatic carbocycles. The zero-order chi connectivity index (χ0) is 21.2. The van der Waals surface area contributed by atoms with Crippen molar-refractivity contribution in [1.82, 2.24) is 9.97 Å². The minimum Gasteiger partial charge on any atom is -0.406 e. The van der Waals surface area contributed by atoms with E-state index in [9.17, 15) is 21.6 Å². The molecule has 1 N–H and O–H groups in total. The summed E-state index contributed by atoms with van der Waals surface area (Å²) in [5.41, 5.74) is 2.18. The first-order chi connectivity index (χ1) is 13.5. The third-order valence-corrected chi connectivity index (χ3v) is 4.87. The molecule has 10 heteroatoms. The Bertz CT molecular complexity index is 1130. The minimum absolute atomic E-state index is 0.168. The lowest BCUT2D eigenvalue weighted by molar-refractivity contribution is -0.274. The molecule has 0 aliphatic carbocycles. The number of nitrogens with one attached hydrogen (secondary N) is 1. The van der Waals surface area contributed by atoms with E-state index < -0.39 is 16.2 Å². The molecule has 1 heterocycles. The summed E-state index contributed by atoms with van der Waals surface area (Å²) in [6.45, 7) is 1.75. The number of aromatic nitrogens is 2. The topological polar surface area (TPSA) is 81.2 Å². The van der Waals surface area contributed by atoms with Gasteiger partial charge in [0, 0.05) is 23.2 Å². The molecule has 0 unspecified atom stereocenters. The fourth-order valence-corrected chi connectivity index (χ4v) is 3.19. The maximum atomic E-state index is 12.2. The van der Waals surface area contributed by atoms with Crippen LogP contribution in [0.15, 0.2) is 59.5 Å². The van der Waals surface area contributed by atoms with E-state index in [1.54, 1.807) is 25.1 Å². The molecule has 152 valence electrons. The van der Waals surface area contributed by atoms with Crippen molar-refractivity contribution in [3.63, 3.8) is 0 Å². The van der Waals surface area contributed by atoms with Crippen LogP contribution in [0.4, 0.5) is 24.8 Å². The lowest BCUT2D eigenvalue weighted by Gasteiger charge is -2.11. The molecule has 29 heavy (non-hydrogen) atoms. The lowest BCUT2D eigenvalue weighted by Crippen LogP contribution is -2.17. The predicted molar refractivity (Wildman–Crippen MR) is 102 cm³/mol. The normalized spacial score (nSPS) is 11.9. The molecule has 0 amide bonds. The summed E-state index contributed by atoms with van der Waals surface area (Å²) in [4.78, 5) is 8.80. The van der Waals surface area contributed by atoms with Crippen molar-refractivity contribution in [3.8, 4) is 17.0 Å². The second-order valence-electron chi connectivity index (χ2n) is 6.22. The Kier molecular flexibility index (Phi) is 5.47. The smallest absolute Gasteiger partial charge is 0.406 e. The Labute approximate surface area is 165 Å². The molecule has 1 aromatic heterocycles. The number of hydrogen-bond acceptors (Lipinski definition) is 6. The number of ether oxygens (including phenoxy) is 1. The largest absolute Gasteiger partial charge is 0.573 e. The average Bonchev–Trinajstić information content (AvgIpc) is 2.61. The summed E-state index contributed by atoms with van der Waals surface area (Å²) in [6, 6.07) is 13.2. The van der Waals surface area contributed by atoms with Gasteiger partial charge in [-0.05, 0) is 49.4 Å². The number of aryl methyl sites for hydroxylation is 1. The van der Waals surface area contributed by atoms with Crippen LogP contribution in [0.5, 0.6) is 5.75 Å². The van der Waals surface area contributed by atoms with Gasteiger partial charge in [0.15, 0.2) is 9.84 Å². The summed E-state index contributed by atoms with van der Waals surface area (Å²) >= 11 is 0. The number of halogens is 3. The van der Waals surface area contributed by atoms with Crippen molar-refractivity contribution in [3.05, 3.63) is 60.3 Å². The van der Waals surface area contributed by atoms with E-state index in [0.717, 1.165) is 6.26 Å². The van der Waals surface area contributed by atoms with Crippen LogP contribution in [-0.4, -0.2) is 31.0 Å².